The minimum absolute atomic E-state index is 0.280. The Morgan fingerprint density at radius 1 is 1.18 bits per heavy atom. The van der Waals surface area contributed by atoms with Crippen LogP contribution in [-0.4, -0.2) is 20.7 Å². The highest BCUT2D eigenvalue weighted by molar-refractivity contribution is 7.16. The quantitative estimate of drug-likeness (QED) is 0.198. The van der Waals surface area contributed by atoms with Gasteiger partial charge in [0.2, 0.25) is 0 Å². The number of pyridine rings is 2. The first-order valence-corrected chi connectivity index (χ1v) is 11.7. The molecule has 0 aliphatic carbocycles. The van der Waals surface area contributed by atoms with Crippen LogP contribution in [0.4, 0.5) is 5.82 Å². The summed E-state index contributed by atoms with van der Waals surface area (Å²) in [6.45, 7) is 13.8. The molecule has 5 nitrogen and oxygen atoms in total. The first-order chi connectivity index (χ1) is 16.3. The molecule has 0 spiro atoms. The van der Waals surface area contributed by atoms with Gasteiger partial charge in [0, 0.05) is 44.2 Å². The number of anilines is 1. The number of nitrogens with two attached hydrogens (primary N) is 1. The maximum absolute atomic E-state index is 8.92. The topological polar surface area (TPSA) is 91.4 Å². The first kappa shape index (κ1) is 23.1. The highest BCUT2D eigenvalue weighted by Gasteiger charge is 2.16. The maximum atomic E-state index is 8.92. The van der Waals surface area contributed by atoms with Gasteiger partial charge < -0.3 is 10.7 Å². The SMILES string of the molecule is C=C/C(C)=C\C(=C/C)c1cnc(N)c(C(=N)c2cc3c(-c4ccc(C(=C)C)s4)cncc3[nH]2)c1. The second-order valence-electron chi connectivity index (χ2n) is 8.14. The van der Waals surface area contributed by atoms with E-state index < -0.39 is 0 Å². The van der Waals surface area contributed by atoms with Crippen molar-refractivity contribution in [2.24, 2.45) is 0 Å². The molecule has 0 fully saturated rings. The predicted octanol–water partition coefficient (Wildman–Crippen LogP) is 7.25. The van der Waals surface area contributed by atoms with E-state index >= 15 is 0 Å². The molecule has 4 N–H and O–H groups in total. The van der Waals surface area contributed by atoms with Crippen LogP contribution in [0.25, 0.3) is 32.5 Å². The summed E-state index contributed by atoms with van der Waals surface area (Å²) in [4.78, 5) is 14.4. The molecule has 0 aliphatic heterocycles. The number of nitrogens with one attached hydrogen (secondary N) is 2. The molecular weight excluding hydrogens is 438 g/mol. The number of hydrogen-bond donors (Lipinski definition) is 3. The molecule has 170 valence electrons. The lowest BCUT2D eigenvalue weighted by molar-refractivity contribution is 1.28. The van der Waals surface area contributed by atoms with E-state index in [2.05, 4.69) is 40.2 Å². The largest absolute Gasteiger partial charge is 0.383 e. The van der Waals surface area contributed by atoms with Crippen LogP contribution in [0.3, 0.4) is 0 Å². The summed E-state index contributed by atoms with van der Waals surface area (Å²) >= 11 is 1.68. The molecule has 0 atom stereocenters. The fourth-order valence-corrected chi connectivity index (χ4v) is 4.67. The van der Waals surface area contributed by atoms with Crippen molar-refractivity contribution in [2.45, 2.75) is 20.8 Å². The summed E-state index contributed by atoms with van der Waals surface area (Å²) in [7, 11) is 0. The van der Waals surface area contributed by atoms with Gasteiger partial charge in [-0.1, -0.05) is 37.0 Å². The van der Waals surface area contributed by atoms with E-state index in [4.69, 9.17) is 11.1 Å². The van der Waals surface area contributed by atoms with Gasteiger partial charge in [0.15, 0.2) is 0 Å². The summed E-state index contributed by atoms with van der Waals surface area (Å²) in [5.41, 5.74) is 13.6. The van der Waals surface area contributed by atoms with Crippen molar-refractivity contribution < 1.29 is 0 Å². The third-order valence-corrected chi connectivity index (χ3v) is 6.92. The molecule has 0 radical (unpaired) electrons. The number of aromatic amines is 1. The van der Waals surface area contributed by atoms with Crippen molar-refractivity contribution in [1.82, 2.24) is 15.0 Å². The van der Waals surface area contributed by atoms with Gasteiger partial charge in [-0.2, -0.15) is 0 Å². The van der Waals surface area contributed by atoms with Crippen LogP contribution >= 0.6 is 11.3 Å². The highest BCUT2D eigenvalue weighted by Crippen LogP contribution is 2.35. The Bertz CT molecular complexity index is 1500. The van der Waals surface area contributed by atoms with Crippen molar-refractivity contribution in [1.29, 1.82) is 5.41 Å². The number of nitrogen functional groups attached to an aromatic ring is 1. The molecule has 0 amide bonds. The minimum Gasteiger partial charge on any atom is -0.383 e. The second kappa shape index (κ2) is 9.45. The Hall–Kier alpha value is -4.03. The summed E-state index contributed by atoms with van der Waals surface area (Å²) < 4.78 is 0. The predicted molar refractivity (Wildman–Crippen MR) is 146 cm³/mol. The zero-order valence-electron chi connectivity index (χ0n) is 19.6. The Balaban J connectivity index is 1.76. The second-order valence-corrected chi connectivity index (χ2v) is 9.23. The zero-order valence-corrected chi connectivity index (χ0v) is 20.4. The third kappa shape index (κ3) is 4.40. The van der Waals surface area contributed by atoms with E-state index in [0.717, 1.165) is 48.5 Å². The molecule has 0 saturated heterocycles. The number of nitrogens with zero attached hydrogens (tertiary/aromatic N) is 2. The number of fused-ring (bicyclic) bond motifs is 1. The summed E-state index contributed by atoms with van der Waals surface area (Å²) in [6.07, 6.45) is 11.2. The van der Waals surface area contributed by atoms with Gasteiger partial charge in [0.1, 0.15) is 5.82 Å². The molecular formula is C28H27N5S. The van der Waals surface area contributed by atoms with Crippen molar-refractivity contribution in [3.63, 3.8) is 0 Å². The van der Waals surface area contributed by atoms with Gasteiger partial charge in [0.25, 0.3) is 0 Å². The van der Waals surface area contributed by atoms with Crippen molar-refractivity contribution in [3.8, 4) is 10.4 Å². The van der Waals surface area contributed by atoms with Crippen LogP contribution in [0.2, 0.25) is 0 Å². The average Bonchev–Trinajstić information content (AvgIpc) is 3.50. The Morgan fingerprint density at radius 2 is 1.97 bits per heavy atom. The summed E-state index contributed by atoms with van der Waals surface area (Å²) in [5.74, 6) is 0.315. The van der Waals surface area contributed by atoms with E-state index in [1.165, 1.54) is 0 Å². The Labute approximate surface area is 203 Å². The van der Waals surface area contributed by atoms with Crippen LogP contribution in [0.15, 0.2) is 79.8 Å². The molecule has 6 heteroatoms. The molecule has 4 heterocycles. The Kier molecular flexibility index (Phi) is 6.43. The van der Waals surface area contributed by atoms with Gasteiger partial charge in [-0.05, 0) is 56.2 Å². The summed E-state index contributed by atoms with van der Waals surface area (Å²) in [5, 5.41) is 9.93. The minimum atomic E-state index is 0.280. The van der Waals surface area contributed by atoms with E-state index in [0.29, 0.717) is 17.1 Å². The van der Waals surface area contributed by atoms with Gasteiger partial charge >= 0.3 is 0 Å². The van der Waals surface area contributed by atoms with E-state index in [-0.39, 0.29) is 5.71 Å². The molecule has 4 rings (SSSR count). The number of aromatic nitrogens is 3. The normalized spacial score (nSPS) is 12.2. The number of thiophene rings is 1. The molecule has 0 saturated carbocycles. The standard InChI is InChI=1S/C28H27N5S/c1-6-17(5)10-18(7-2)19-11-21(28(30)32-13-19)27(29)23-12-20-22(14-31-15-24(20)33-23)26-9-8-25(34-26)16(3)4/h6-15,29,33H,1,3H2,2,4-5H3,(H2,30,32)/b17-10-,18-7+,29-27?. The van der Waals surface area contributed by atoms with Gasteiger partial charge in [-0.15, -0.1) is 11.3 Å². The van der Waals surface area contributed by atoms with Crippen molar-refractivity contribution in [2.75, 3.05) is 5.73 Å². The van der Waals surface area contributed by atoms with E-state index in [9.17, 15) is 0 Å². The van der Waals surface area contributed by atoms with Crippen LogP contribution in [0.1, 0.15) is 42.5 Å². The fourth-order valence-electron chi connectivity index (χ4n) is 3.71. The molecule has 0 aromatic carbocycles. The molecule has 0 bridgehead atoms. The number of hydrogen-bond acceptors (Lipinski definition) is 5. The fraction of sp³-hybridized carbons (Fsp3) is 0.107. The lowest BCUT2D eigenvalue weighted by atomic mass is 10.00. The first-order valence-electron chi connectivity index (χ1n) is 10.9. The molecule has 0 aliphatic rings. The van der Waals surface area contributed by atoms with Gasteiger partial charge in [0.05, 0.1) is 23.1 Å². The van der Waals surface area contributed by atoms with Crippen molar-refractivity contribution in [3.05, 3.63) is 102 Å². The van der Waals surface area contributed by atoms with Crippen LogP contribution in [-0.2, 0) is 0 Å². The monoisotopic (exact) mass is 465 g/mol. The molecule has 4 aromatic rings. The summed E-state index contributed by atoms with van der Waals surface area (Å²) in [6, 6.07) is 8.07. The smallest absolute Gasteiger partial charge is 0.132 e. The Morgan fingerprint density at radius 3 is 2.65 bits per heavy atom. The molecule has 34 heavy (non-hydrogen) atoms. The van der Waals surface area contributed by atoms with Gasteiger partial charge in [-0.25, -0.2) is 4.98 Å². The van der Waals surface area contributed by atoms with E-state index in [1.54, 1.807) is 29.8 Å². The zero-order chi connectivity index (χ0) is 24.4. The third-order valence-electron chi connectivity index (χ3n) is 5.64. The lowest BCUT2D eigenvalue weighted by Gasteiger charge is -2.10. The number of allylic oxidation sites excluding steroid dienone is 6. The highest BCUT2D eigenvalue weighted by atomic mass is 32.1. The molecule has 0 unspecified atom stereocenters. The van der Waals surface area contributed by atoms with E-state index in [1.807, 2.05) is 51.3 Å². The van der Waals surface area contributed by atoms with Crippen molar-refractivity contribution >= 4 is 44.9 Å². The van der Waals surface area contributed by atoms with Crippen LogP contribution in [0.5, 0.6) is 0 Å². The van der Waals surface area contributed by atoms with Crippen LogP contribution in [0, 0.1) is 5.41 Å². The number of rotatable bonds is 7. The van der Waals surface area contributed by atoms with Crippen LogP contribution < -0.4 is 5.73 Å². The maximum Gasteiger partial charge on any atom is 0.132 e. The van der Waals surface area contributed by atoms with Gasteiger partial charge in [-0.3, -0.25) is 10.4 Å². The lowest BCUT2D eigenvalue weighted by Crippen LogP contribution is -2.08. The number of H-pyrrole nitrogens is 1. The average molecular weight is 466 g/mol. The molecule has 4 aromatic heterocycles.